The van der Waals surface area contributed by atoms with Crippen molar-refractivity contribution in [2.75, 3.05) is 32.1 Å². The van der Waals surface area contributed by atoms with Gasteiger partial charge in [0.15, 0.2) is 5.65 Å². The average Bonchev–Trinajstić information content (AvgIpc) is 3.47. The van der Waals surface area contributed by atoms with E-state index in [-0.39, 0.29) is 29.1 Å². The van der Waals surface area contributed by atoms with Crippen LogP contribution in [0.5, 0.6) is 0 Å². The molecule has 1 aliphatic heterocycles. The number of carbonyl (C=O) groups excluding carboxylic acids is 1. The van der Waals surface area contributed by atoms with Crippen LogP contribution in [0.1, 0.15) is 63.8 Å². The van der Waals surface area contributed by atoms with Crippen LogP contribution in [0.15, 0.2) is 11.0 Å². The lowest BCUT2D eigenvalue weighted by molar-refractivity contribution is -0.128. The van der Waals surface area contributed by atoms with Gasteiger partial charge < -0.3 is 15.0 Å². The van der Waals surface area contributed by atoms with Crippen molar-refractivity contribution in [3.8, 4) is 0 Å². The number of methoxy groups -OCH3 is 1. The van der Waals surface area contributed by atoms with Crippen molar-refractivity contribution < 1.29 is 9.53 Å². The standard InChI is InChI=1S/C23H34N6O3/c1-27-18-14-24-21(26-20(18)29(22(27)31)17-5-3-4-6-17)25-16-7-9-23(10-8-16)13-19(30)28(15-23)11-12-32-2/h14,16-17H,3-13,15H2,1-2H3,(H,24,25,26). The van der Waals surface area contributed by atoms with Gasteiger partial charge >= 0.3 is 5.69 Å². The molecule has 9 nitrogen and oxygen atoms in total. The van der Waals surface area contributed by atoms with Crippen molar-refractivity contribution in [3.63, 3.8) is 0 Å². The molecule has 0 radical (unpaired) electrons. The smallest absolute Gasteiger partial charge is 0.330 e. The van der Waals surface area contributed by atoms with Crippen LogP contribution >= 0.6 is 0 Å². The molecule has 0 aromatic carbocycles. The molecule has 3 heterocycles. The largest absolute Gasteiger partial charge is 0.383 e. The van der Waals surface area contributed by atoms with Gasteiger partial charge in [0.1, 0.15) is 5.52 Å². The molecule has 174 valence electrons. The first-order valence-corrected chi connectivity index (χ1v) is 12.0. The maximum Gasteiger partial charge on any atom is 0.330 e. The lowest BCUT2D eigenvalue weighted by Crippen LogP contribution is -2.36. The molecule has 32 heavy (non-hydrogen) atoms. The van der Waals surface area contributed by atoms with E-state index in [2.05, 4.69) is 10.3 Å². The Hall–Kier alpha value is -2.42. The van der Waals surface area contributed by atoms with E-state index in [4.69, 9.17) is 9.72 Å². The van der Waals surface area contributed by atoms with Crippen LogP contribution in [0.2, 0.25) is 0 Å². The Morgan fingerprint density at radius 2 is 1.94 bits per heavy atom. The molecule has 3 aliphatic rings. The topological polar surface area (TPSA) is 94.3 Å². The van der Waals surface area contributed by atoms with Crippen molar-refractivity contribution in [1.82, 2.24) is 24.0 Å². The van der Waals surface area contributed by atoms with E-state index in [0.717, 1.165) is 56.2 Å². The molecule has 2 aromatic heterocycles. The molecule has 2 aliphatic carbocycles. The number of aromatic nitrogens is 4. The molecule has 1 amide bonds. The van der Waals surface area contributed by atoms with Crippen molar-refractivity contribution in [2.45, 2.75) is 69.9 Å². The molecule has 0 bridgehead atoms. The summed E-state index contributed by atoms with van der Waals surface area (Å²) in [5.74, 6) is 0.858. The zero-order chi connectivity index (χ0) is 22.3. The molecule has 0 atom stereocenters. The lowest BCUT2D eigenvalue weighted by Gasteiger charge is -2.36. The van der Waals surface area contributed by atoms with Crippen molar-refractivity contribution in [2.24, 2.45) is 12.5 Å². The fourth-order valence-corrected chi connectivity index (χ4v) is 5.98. The Balaban J connectivity index is 1.27. The number of anilines is 1. The van der Waals surface area contributed by atoms with Crippen molar-refractivity contribution >= 4 is 23.0 Å². The maximum absolute atomic E-state index is 12.8. The number of hydrogen-bond acceptors (Lipinski definition) is 6. The number of ether oxygens (including phenoxy) is 1. The van der Waals surface area contributed by atoms with Gasteiger partial charge in [0, 0.05) is 45.8 Å². The zero-order valence-corrected chi connectivity index (χ0v) is 19.2. The highest BCUT2D eigenvalue weighted by molar-refractivity contribution is 5.79. The predicted molar refractivity (Wildman–Crippen MR) is 122 cm³/mol. The third kappa shape index (κ3) is 3.80. The maximum atomic E-state index is 12.8. The molecule has 9 heteroatoms. The first kappa shape index (κ1) is 21.4. The average molecular weight is 443 g/mol. The summed E-state index contributed by atoms with van der Waals surface area (Å²) in [4.78, 5) is 36.5. The molecule has 2 aromatic rings. The zero-order valence-electron chi connectivity index (χ0n) is 19.2. The number of fused-ring (bicyclic) bond motifs is 1. The molecule has 5 rings (SSSR count). The summed E-state index contributed by atoms with van der Waals surface area (Å²) in [6.45, 7) is 2.13. The summed E-state index contributed by atoms with van der Waals surface area (Å²) in [7, 11) is 3.47. The Morgan fingerprint density at radius 1 is 1.19 bits per heavy atom. The number of amides is 1. The van der Waals surface area contributed by atoms with E-state index < -0.39 is 0 Å². The van der Waals surface area contributed by atoms with Crippen LogP contribution in [-0.2, 0) is 16.6 Å². The van der Waals surface area contributed by atoms with Gasteiger partial charge in [0.2, 0.25) is 11.9 Å². The third-order valence-corrected chi connectivity index (χ3v) is 7.87. The minimum atomic E-state index is 0.00175. The van der Waals surface area contributed by atoms with Gasteiger partial charge in [0.05, 0.1) is 12.8 Å². The molecular formula is C23H34N6O3. The molecule has 3 fully saturated rings. The Bertz CT molecular complexity index is 1050. The summed E-state index contributed by atoms with van der Waals surface area (Å²) < 4.78 is 8.69. The first-order chi connectivity index (χ1) is 15.5. The van der Waals surface area contributed by atoms with E-state index >= 15 is 0 Å². The van der Waals surface area contributed by atoms with E-state index in [0.29, 0.717) is 25.5 Å². The summed E-state index contributed by atoms with van der Waals surface area (Å²) in [6, 6.07) is 0.529. The summed E-state index contributed by atoms with van der Waals surface area (Å²) in [6.07, 6.45) is 10.9. The van der Waals surface area contributed by atoms with E-state index in [9.17, 15) is 9.59 Å². The Kier molecular flexibility index (Phi) is 5.69. The van der Waals surface area contributed by atoms with Gasteiger partial charge in [-0.05, 0) is 43.9 Å². The second-order valence-electron chi connectivity index (χ2n) is 9.96. The highest BCUT2D eigenvalue weighted by Crippen LogP contribution is 2.44. The molecule has 1 spiro atoms. The van der Waals surface area contributed by atoms with E-state index in [1.807, 2.05) is 9.47 Å². The van der Waals surface area contributed by atoms with Crippen LogP contribution in [-0.4, -0.2) is 62.8 Å². The molecule has 1 N–H and O–H groups in total. The van der Waals surface area contributed by atoms with Crippen LogP contribution < -0.4 is 11.0 Å². The number of rotatable bonds is 6. The predicted octanol–water partition coefficient (Wildman–Crippen LogP) is 2.46. The number of likely N-dealkylation sites (tertiary alicyclic amines) is 1. The van der Waals surface area contributed by atoms with Crippen LogP contribution in [0.4, 0.5) is 5.95 Å². The van der Waals surface area contributed by atoms with Gasteiger partial charge in [-0.15, -0.1) is 0 Å². The number of nitrogens with one attached hydrogen (secondary N) is 1. The molecule has 1 saturated heterocycles. The minimum Gasteiger partial charge on any atom is -0.383 e. The fourth-order valence-electron chi connectivity index (χ4n) is 5.98. The van der Waals surface area contributed by atoms with Gasteiger partial charge in [-0.1, -0.05) is 12.8 Å². The van der Waals surface area contributed by atoms with Crippen LogP contribution in [0, 0.1) is 5.41 Å². The number of nitrogens with zero attached hydrogens (tertiary/aromatic N) is 5. The molecule has 2 saturated carbocycles. The monoisotopic (exact) mass is 442 g/mol. The summed E-state index contributed by atoms with van der Waals surface area (Å²) >= 11 is 0. The van der Waals surface area contributed by atoms with E-state index in [1.165, 1.54) is 12.8 Å². The van der Waals surface area contributed by atoms with Crippen LogP contribution in [0.25, 0.3) is 11.2 Å². The summed E-state index contributed by atoms with van der Waals surface area (Å²) in [5.41, 5.74) is 1.64. The van der Waals surface area contributed by atoms with Gasteiger partial charge in [-0.25, -0.2) is 9.78 Å². The first-order valence-electron chi connectivity index (χ1n) is 12.0. The molecular weight excluding hydrogens is 408 g/mol. The number of hydrogen-bond donors (Lipinski definition) is 1. The minimum absolute atomic E-state index is 0.00175. The second-order valence-corrected chi connectivity index (χ2v) is 9.96. The van der Waals surface area contributed by atoms with Gasteiger partial charge in [-0.3, -0.25) is 13.9 Å². The highest BCUT2D eigenvalue weighted by atomic mass is 16.5. The van der Waals surface area contributed by atoms with Crippen molar-refractivity contribution in [3.05, 3.63) is 16.7 Å². The number of imidazole rings is 1. The highest BCUT2D eigenvalue weighted by Gasteiger charge is 2.45. The van der Waals surface area contributed by atoms with E-state index in [1.54, 1.807) is 24.9 Å². The van der Waals surface area contributed by atoms with Gasteiger partial charge in [-0.2, -0.15) is 4.98 Å². The Labute approximate surface area is 188 Å². The molecule has 0 unspecified atom stereocenters. The number of aryl methyl sites for hydroxylation is 1. The quantitative estimate of drug-likeness (QED) is 0.739. The second kappa shape index (κ2) is 8.50. The third-order valence-electron chi connectivity index (χ3n) is 7.87. The summed E-state index contributed by atoms with van der Waals surface area (Å²) in [5, 5.41) is 3.52. The normalized spacial score (nSPS) is 26.6. The van der Waals surface area contributed by atoms with Gasteiger partial charge in [0.25, 0.3) is 0 Å². The number of carbonyl (C=O) groups is 1. The van der Waals surface area contributed by atoms with Crippen LogP contribution in [0.3, 0.4) is 0 Å². The Morgan fingerprint density at radius 3 is 2.66 bits per heavy atom. The van der Waals surface area contributed by atoms with Crippen molar-refractivity contribution in [1.29, 1.82) is 0 Å². The lowest BCUT2D eigenvalue weighted by atomic mass is 9.72. The SMILES string of the molecule is COCCN1CC2(CCC(Nc3ncc4c(n3)n(C3CCCC3)c(=O)n4C)CC2)CC1=O. The fraction of sp³-hybridized carbons (Fsp3) is 0.739.